The Kier molecular flexibility index (Phi) is 12.0. The summed E-state index contributed by atoms with van der Waals surface area (Å²) in [7, 11) is -3.60. The minimum atomic E-state index is -3.60. The zero-order valence-electron chi connectivity index (χ0n) is 22.4. The van der Waals surface area contributed by atoms with Crippen molar-refractivity contribution in [2.75, 3.05) is 44.2 Å². The van der Waals surface area contributed by atoms with Gasteiger partial charge in [0.05, 0.1) is 15.1 Å². The molecular weight excluding hydrogens is 528 g/mol. The fourth-order valence-corrected chi connectivity index (χ4v) is 6.67. The Morgan fingerprint density at radius 1 is 0.919 bits per heavy atom. The van der Waals surface area contributed by atoms with Gasteiger partial charge in [-0.05, 0) is 62.3 Å². The van der Waals surface area contributed by atoms with Gasteiger partial charge in [0.2, 0.25) is 10.0 Å². The van der Waals surface area contributed by atoms with E-state index in [9.17, 15) is 13.2 Å². The summed E-state index contributed by atoms with van der Waals surface area (Å²) in [6, 6.07) is 12.4. The van der Waals surface area contributed by atoms with Gasteiger partial charge in [0.25, 0.3) is 5.91 Å². The average molecular weight is 567 g/mol. The fourth-order valence-electron chi connectivity index (χ4n) is 4.11. The molecule has 10 heteroatoms. The normalized spacial score (nSPS) is 11.8. The van der Waals surface area contributed by atoms with Gasteiger partial charge in [-0.25, -0.2) is 13.4 Å². The standard InChI is InChI=1S/C27H38N4O3S2.ClH/c1-6-10-18-30(9-4)36(33,34)23-16-14-22(15-17-23)26(32)31(20-19-29(7-2)8-3)27-28-25-21(5)12-11-13-24(25)35-27;/h11-17H,6-10,18-20H2,1-5H3;1H. The summed E-state index contributed by atoms with van der Waals surface area (Å²) in [4.78, 5) is 22.7. The number of aryl methyl sites for hydroxylation is 1. The molecule has 0 bridgehead atoms. The third kappa shape index (κ3) is 7.29. The number of rotatable bonds is 13. The second-order valence-corrected chi connectivity index (χ2v) is 11.7. The average Bonchev–Trinajstić information content (AvgIpc) is 3.32. The fraction of sp³-hybridized carbons (Fsp3) is 0.481. The van der Waals surface area contributed by atoms with Gasteiger partial charge in [-0.1, -0.05) is 57.6 Å². The zero-order chi connectivity index (χ0) is 26.3. The molecule has 7 nitrogen and oxygen atoms in total. The van der Waals surface area contributed by atoms with Crippen LogP contribution < -0.4 is 4.90 Å². The molecule has 0 fully saturated rings. The van der Waals surface area contributed by atoms with Crippen LogP contribution in [0.5, 0.6) is 0 Å². The Labute approximate surface area is 231 Å². The lowest BCUT2D eigenvalue weighted by molar-refractivity contribution is 0.0983. The van der Waals surface area contributed by atoms with Crippen LogP contribution in [0.1, 0.15) is 56.5 Å². The molecule has 0 spiro atoms. The Morgan fingerprint density at radius 3 is 2.16 bits per heavy atom. The molecule has 0 N–H and O–H groups in total. The molecule has 0 saturated carbocycles. The Hall–Kier alpha value is -2.04. The van der Waals surface area contributed by atoms with Crippen LogP contribution in [0.2, 0.25) is 0 Å². The lowest BCUT2D eigenvalue weighted by atomic mass is 10.2. The summed E-state index contributed by atoms with van der Waals surface area (Å²) in [5.74, 6) is -0.179. The molecule has 3 aromatic rings. The van der Waals surface area contributed by atoms with Crippen molar-refractivity contribution in [1.82, 2.24) is 14.2 Å². The number of carbonyl (C=O) groups excluding carboxylic acids is 1. The summed E-state index contributed by atoms with van der Waals surface area (Å²) < 4.78 is 28.7. The highest BCUT2D eigenvalue weighted by Crippen LogP contribution is 2.31. The predicted molar refractivity (Wildman–Crippen MR) is 157 cm³/mol. The molecule has 3 rings (SSSR count). The molecule has 0 aliphatic rings. The first-order chi connectivity index (χ1) is 17.3. The number of hydrogen-bond donors (Lipinski definition) is 0. The van der Waals surface area contributed by atoms with Crippen molar-refractivity contribution in [1.29, 1.82) is 0 Å². The van der Waals surface area contributed by atoms with E-state index >= 15 is 0 Å². The highest BCUT2D eigenvalue weighted by molar-refractivity contribution is 7.89. The number of nitrogens with zero attached hydrogens (tertiary/aromatic N) is 4. The summed E-state index contributed by atoms with van der Waals surface area (Å²) in [5, 5.41) is 0.657. The maximum absolute atomic E-state index is 13.7. The second-order valence-electron chi connectivity index (χ2n) is 8.78. The van der Waals surface area contributed by atoms with E-state index in [1.54, 1.807) is 29.2 Å². The summed E-state index contributed by atoms with van der Waals surface area (Å²) >= 11 is 1.50. The van der Waals surface area contributed by atoms with E-state index in [1.807, 2.05) is 39.0 Å². The molecule has 0 atom stereocenters. The summed E-state index contributed by atoms with van der Waals surface area (Å²) in [6.45, 7) is 14.1. The van der Waals surface area contributed by atoms with Crippen molar-refractivity contribution in [2.24, 2.45) is 0 Å². The third-order valence-electron chi connectivity index (χ3n) is 6.47. The number of fused-ring (bicyclic) bond motifs is 1. The van der Waals surface area contributed by atoms with Crippen LogP contribution in [0.15, 0.2) is 47.4 Å². The van der Waals surface area contributed by atoms with E-state index in [4.69, 9.17) is 4.98 Å². The summed E-state index contributed by atoms with van der Waals surface area (Å²) in [6.07, 6.45) is 1.74. The van der Waals surface area contributed by atoms with Crippen LogP contribution in [0.3, 0.4) is 0 Å². The van der Waals surface area contributed by atoms with Crippen LogP contribution in [0, 0.1) is 6.92 Å². The first-order valence-corrected chi connectivity index (χ1v) is 15.0. The summed E-state index contributed by atoms with van der Waals surface area (Å²) in [5.41, 5.74) is 2.43. The minimum absolute atomic E-state index is 0. The number of benzene rings is 2. The van der Waals surface area contributed by atoms with E-state index in [1.165, 1.54) is 15.6 Å². The number of unbranched alkanes of at least 4 members (excludes halogenated alkanes) is 1. The number of aromatic nitrogens is 1. The molecule has 1 amide bonds. The van der Waals surface area contributed by atoms with E-state index in [0.717, 1.165) is 48.3 Å². The number of carbonyl (C=O) groups is 1. The van der Waals surface area contributed by atoms with Crippen molar-refractivity contribution in [3.05, 3.63) is 53.6 Å². The van der Waals surface area contributed by atoms with Gasteiger partial charge in [-0.2, -0.15) is 4.31 Å². The smallest absolute Gasteiger partial charge is 0.260 e. The number of halogens is 1. The predicted octanol–water partition coefficient (Wildman–Crippen LogP) is 5.83. The van der Waals surface area contributed by atoms with Crippen LogP contribution >= 0.6 is 23.7 Å². The SMILES string of the molecule is CCCCN(CC)S(=O)(=O)c1ccc(C(=O)N(CCN(CC)CC)c2nc3c(C)cccc3s2)cc1.Cl. The van der Waals surface area contributed by atoms with E-state index in [-0.39, 0.29) is 23.2 Å². The highest BCUT2D eigenvalue weighted by Gasteiger charge is 2.25. The number of amides is 1. The van der Waals surface area contributed by atoms with Crippen LogP contribution in [-0.4, -0.2) is 67.8 Å². The number of sulfonamides is 1. The van der Waals surface area contributed by atoms with Gasteiger partial charge < -0.3 is 4.90 Å². The van der Waals surface area contributed by atoms with Gasteiger partial charge in [0.1, 0.15) is 0 Å². The lowest BCUT2D eigenvalue weighted by Gasteiger charge is -2.25. The molecule has 204 valence electrons. The molecule has 2 aromatic carbocycles. The van der Waals surface area contributed by atoms with Gasteiger partial charge >= 0.3 is 0 Å². The first kappa shape index (κ1) is 31.2. The Morgan fingerprint density at radius 2 is 1.59 bits per heavy atom. The molecular formula is C27H39ClN4O3S2. The number of anilines is 1. The molecule has 0 radical (unpaired) electrons. The second kappa shape index (κ2) is 14.2. The molecule has 0 unspecified atom stereocenters. The maximum atomic E-state index is 13.7. The van der Waals surface area contributed by atoms with E-state index in [2.05, 4.69) is 18.7 Å². The Balaban J connectivity index is 0.00000481. The molecule has 1 aromatic heterocycles. The minimum Gasteiger partial charge on any atom is -0.302 e. The van der Waals surface area contributed by atoms with Crippen LogP contribution in [0.25, 0.3) is 10.2 Å². The number of likely N-dealkylation sites (N-methyl/N-ethyl adjacent to an activating group) is 1. The number of para-hydroxylation sites is 1. The van der Waals surface area contributed by atoms with Crippen LogP contribution in [-0.2, 0) is 10.0 Å². The third-order valence-corrected chi connectivity index (χ3v) is 9.50. The highest BCUT2D eigenvalue weighted by atomic mass is 35.5. The van der Waals surface area contributed by atoms with Crippen molar-refractivity contribution in [3.63, 3.8) is 0 Å². The van der Waals surface area contributed by atoms with Crippen molar-refractivity contribution in [2.45, 2.75) is 52.4 Å². The molecule has 1 heterocycles. The van der Waals surface area contributed by atoms with Gasteiger partial charge in [-0.15, -0.1) is 12.4 Å². The quantitative estimate of drug-likeness (QED) is 0.260. The molecule has 0 saturated heterocycles. The van der Waals surface area contributed by atoms with Gasteiger partial charge in [0.15, 0.2) is 5.13 Å². The van der Waals surface area contributed by atoms with E-state index in [0.29, 0.717) is 30.3 Å². The van der Waals surface area contributed by atoms with E-state index < -0.39 is 10.0 Å². The topological polar surface area (TPSA) is 73.8 Å². The van der Waals surface area contributed by atoms with Crippen LogP contribution in [0.4, 0.5) is 5.13 Å². The zero-order valence-corrected chi connectivity index (χ0v) is 24.9. The maximum Gasteiger partial charge on any atom is 0.260 e. The van der Waals surface area contributed by atoms with Crippen molar-refractivity contribution >= 4 is 55.0 Å². The molecule has 0 aliphatic carbocycles. The number of thiazole rings is 1. The van der Waals surface area contributed by atoms with Crippen molar-refractivity contribution in [3.8, 4) is 0 Å². The monoisotopic (exact) mass is 566 g/mol. The van der Waals surface area contributed by atoms with Gasteiger partial charge in [-0.3, -0.25) is 9.69 Å². The van der Waals surface area contributed by atoms with Crippen molar-refractivity contribution < 1.29 is 13.2 Å². The van der Waals surface area contributed by atoms with Gasteiger partial charge in [0, 0.05) is 31.7 Å². The number of hydrogen-bond acceptors (Lipinski definition) is 6. The first-order valence-electron chi connectivity index (χ1n) is 12.8. The largest absolute Gasteiger partial charge is 0.302 e. The molecule has 0 aliphatic heterocycles. The lowest BCUT2D eigenvalue weighted by Crippen LogP contribution is -2.39. The molecule has 37 heavy (non-hydrogen) atoms. The Bertz CT molecular complexity index is 1260.